The molecule has 5 rings (SSSR count). The van der Waals surface area contributed by atoms with Crippen LogP contribution in [0.4, 0.5) is 0 Å². The monoisotopic (exact) mass is 344 g/mol. The fourth-order valence-electron chi connectivity index (χ4n) is 3.32. The van der Waals surface area contributed by atoms with Crippen molar-refractivity contribution in [2.24, 2.45) is 5.10 Å². The van der Waals surface area contributed by atoms with Crippen molar-refractivity contribution in [2.75, 3.05) is 0 Å². The van der Waals surface area contributed by atoms with Gasteiger partial charge in [0.15, 0.2) is 5.82 Å². The molecule has 1 fully saturated rings. The van der Waals surface area contributed by atoms with E-state index >= 15 is 0 Å². The van der Waals surface area contributed by atoms with E-state index < -0.39 is 0 Å². The van der Waals surface area contributed by atoms with Gasteiger partial charge in [0.05, 0.1) is 6.21 Å². The summed E-state index contributed by atoms with van der Waals surface area (Å²) in [7, 11) is 0. The molecule has 0 bridgehead atoms. The number of hydrogen-bond acceptors (Lipinski definition) is 3. The van der Waals surface area contributed by atoms with E-state index in [-0.39, 0.29) is 0 Å². The van der Waals surface area contributed by atoms with Crippen LogP contribution in [0.5, 0.6) is 0 Å². The summed E-state index contributed by atoms with van der Waals surface area (Å²) in [5.41, 5.74) is 1.11. The molecule has 0 unspecified atom stereocenters. The molecule has 0 amide bonds. The molecular weight excluding hydrogens is 328 g/mol. The van der Waals surface area contributed by atoms with Gasteiger partial charge in [0, 0.05) is 11.5 Å². The second-order valence-electron chi connectivity index (χ2n) is 6.45. The molecule has 1 aliphatic carbocycles. The minimum atomic E-state index is 0.481. The first-order chi connectivity index (χ1) is 12.3. The Balaban J connectivity index is 1.74. The van der Waals surface area contributed by atoms with Crippen LogP contribution in [-0.4, -0.2) is 21.1 Å². The van der Waals surface area contributed by atoms with E-state index in [1.54, 1.807) is 4.68 Å². The largest absolute Gasteiger partial charge is 0.250 e. The van der Waals surface area contributed by atoms with Crippen LogP contribution >= 0.6 is 12.2 Å². The van der Waals surface area contributed by atoms with E-state index in [4.69, 9.17) is 17.3 Å². The van der Waals surface area contributed by atoms with Gasteiger partial charge in [-0.1, -0.05) is 48.5 Å². The first kappa shape index (κ1) is 14.5. The van der Waals surface area contributed by atoms with E-state index in [0.29, 0.717) is 10.7 Å². The Morgan fingerprint density at radius 1 is 1.04 bits per heavy atom. The van der Waals surface area contributed by atoms with Crippen molar-refractivity contribution < 1.29 is 0 Å². The predicted molar refractivity (Wildman–Crippen MR) is 104 cm³/mol. The molecule has 4 aromatic rings. The Kier molecular flexibility index (Phi) is 3.28. The van der Waals surface area contributed by atoms with Crippen molar-refractivity contribution in [3.63, 3.8) is 0 Å². The average molecular weight is 344 g/mol. The first-order valence-corrected chi connectivity index (χ1v) is 8.84. The van der Waals surface area contributed by atoms with E-state index in [1.807, 2.05) is 6.21 Å². The van der Waals surface area contributed by atoms with Gasteiger partial charge < -0.3 is 0 Å². The van der Waals surface area contributed by atoms with Crippen molar-refractivity contribution in [3.05, 3.63) is 70.8 Å². The second-order valence-corrected chi connectivity index (χ2v) is 6.84. The number of nitrogens with one attached hydrogen (secondary N) is 1. The topological polar surface area (TPSA) is 46.0 Å². The third-order valence-electron chi connectivity index (χ3n) is 4.73. The molecule has 1 saturated carbocycles. The fourth-order valence-corrected chi connectivity index (χ4v) is 3.51. The molecule has 25 heavy (non-hydrogen) atoms. The Bertz CT molecular complexity index is 1130. The van der Waals surface area contributed by atoms with Crippen LogP contribution in [0.1, 0.15) is 30.1 Å². The summed E-state index contributed by atoms with van der Waals surface area (Å²) in [6.45, 7) is 0. The van der Waals surface area contributed by atoms with Crippen LogP contribution in [0.3, 0.4) is 0 Å². The summed E-state index contributed by atoms with van der Waals surface area (Å²) in [6, 6.07) is 19.0. The zero-order valence-corrected chi connectivity index (χ0v) is 14.3. The third-order valence-corrected chi connectivity index (χ3v) is 5.00. The SMILES string of the molecule is S=c1[nH]nc(C2CC2)n1/N=C\c1c2ccccc2cc2ccccc12. The number of hydrogen-bond donors (Lipinski definition) is 1. The number of aromatic amines is 1. The molecule has 1 heterocycles. The highest BCUT2D eigenvalue weighted by Gasteiger charge is 2.29. The van der Waals surface area contributed by atoms with Gasteiger partial charge in [-0.2, -0.15) is 14.9 Å². The Morgan fingerprint density at radius 2 is 1.68 bits per heavy atom. The lowest BCUT2D eigenvalue weighted by molar-refractivity contribution is 0.773. The van der Waals surface area contributed by atoms with Gasteiger partial charge >= 0.3 is 0 Å². The molecule has 0 saturated heterocycles. The van der Waals surface area contributed by atoms with Crippen LogP contribution in [0, 0.1) is 4.77 Å². The van der Waals surface area contributed by atoms with Crippen molar-refractivity contribution in [3.8, 4) is 0 Å². The summed E-state index contributed by atoms with van der Waals surface area (Å²) in [4.78, 5) is 0. The van der Waals surface area contributed by atoms with E-state index in [0.717, 1.165) is 24.2 Å². The molecule has 1 aliphatic rings. The van der Waals surface area contributed by atoms with Gasteiger partial charge in [-0.05, 0) is 52.7 Å². The number of nitrogens with zero attached hydrogens (tertiary/aromatic N) is 3. The Hall–Kier alpha value is -2.79. The molecule has 0 radical (unpaired) electrons. The standard InChI is InChI=1S/C20H16N4S/c25-20-23-22-19(13-9-10-13)24(20)21-12-18-16-7-3-1-5-14(16)11-15-6-2-4-8-17(15)18/h1-8,11-13H,9-10H2,(H,23,25)/b21-12-. The summed E-state index contributed by atoms with van der Waals surface area (Å²) in [6.07, 6.45) is 4.24. The van der Waals surface area contributed by atoms with Crippen molar-refractivity contribution in [1.29, 1.82) is 0 Å². The van der Waals surface area contributed by atoms with Crippen LogP contribution in [-0.2, 0) is 0 Å². The fraction of sp³-hybridized carbons (Fsp3) is 0.150. The highest BCUT2D eigenvalue weighted by atomic mass is 32.1. The normalized spacial score (nSPS) is 14.7. The van der Waals surface area contributed by atoms with Crippen LogP contribution in [0.15, 0.2) is 59.7 Å². The molecule has 0 aliphatic heterocycles. The number of rotatable bonds is 3. The smallest absolute Gasteiger partial charge is 0.216 e. The summed E-state index contributed by atoms with van der Waals surface area (Å²) in [5.74, 6) is 1.42. The minimum Gasteiger partial charge on any atom is -0.250 e. The maximum Gasteiger partial charge on any atom is 0.216 e. The van der Waals surface area contributed by atoms with E-state index in [1.165, 1.54) is 21.5 Å². The number of benzene rings is 3. The molecule has 0 spiro atoms. The zero-order valence-electron chi connectivity index (χ0n) is 13.5. The van der Waals surface area contributed by atoms with Crippen molar-refractivity contribution >= 4 is 40.0 Å². The number of aromatic nitrogens is 3. The average Bonchev–Trinajstić information content (AvgIpc) is 3.42. The highest BCUT2D eigenvalue weighted by Crippen LogP contribution is 2.38. The van der Waals surface area contributed by atoms with Crippen molar-refractivity contribution in [2.45, 2.75) is 18.8 Å². The number of H-pyrrole nitrogens is 1. The minimum absolute atomic E-state index is 0.481. The van der Waals surface area contributed by atoms with Gasteiger partial charge in [-0.25, -0.2) is 0 Å². The van der Waals surface area contributed by atoms with Crippen molar-refractivity contribution in [1.82, 2.24) is 14.9 Å². The molecule has 1 aromatic heterocycles. The maximum atomic E-state index is 5.36. The van der Waals surface area contributed by atoms with E-state index in [9.17, 15) is 0 Å². The summed E-state index contributed by atoms with van der Waals surface area (Å²) >= 11 is 5.36. The molecular formula is C20H16N4S. The molecule has 1 N–H and O–H groups in total. The van der Waals surface area contributed by atoms with Gasteiger partial charge in [-0.3, -0.25) is 5.10 Å². The quantitative estimate of drug-likeness (QED) is 0.323. The van der Waals surface area contributed by atoms with Gasteiger partial charge in [0.25, 0.3) is 0 Å². The molecule has 0 atom stereocenters. The summed E-state index contributed by atoms with van der Waals surface area (Å²) in [5, 5.41) is 16.7. The first-order valence-electron chi connectivity index (χ1n) is 8.43. The van der Waals surface area contributed by atoms with E-state index in [2.05, 4.69) is 64.8 Å². The lowest BCUT2D eigenvalue weighted by Gasteiger charge is -2.08. The Labute approximate surface area is 149 Å². The third kappa shape index (κ3) is 2.48. The molecule has 3 aromatic carbocycles. The van der Waals surface area contributed by atoms with Crippen LogP contribution in [0.25, 0.3) is 21.5 Å². The Morgan fingerprint density at radius 3 is 2.32 bits per heavy atom. The van der Waals surface area contributed by atoms with Gasteiger partial charge in [0.1, 0.15) is 0 Å². The zero-order chi connectivity index (χ0) is 16.8. The number of fused-ring (bicyclic) bond motifs is 2. The van der Waals surface area contributed by atoms with Gasteiger partial charge in [0.2, 0.25) is 4.77 Å². The highest BCUT2D eigenvalue weighted by molar-refractivity contribution is 7.71. The van der Waals surface area contributed by atoms with Crippen LogP contribution in [0.2, 0.25) is 0 Å². The van der Waals surface area contributed by atoms with Crippen LogP contribution < -0.4 is 0 Å². The summed E-state index contributed by atoms with van der Waals surface area (Å²) < 4.78 is 2.31. The maximum absolute atomic E-state index is 5.36. The lowest BCUT2D eigenvalue weighted by atomic mass is 9.97. The predicted octanol–water partition coefficient (Wildman–Crippen LogP) is 5.01. The molecule has 5 heteroatoms. The molecule has 122 valence electrons. The second kappa shape index (κ2) is 5.63. The lowest BCUT2D eigenvalue weighted by Crippen LogP contribution is -1.98. The molecule has 4 nitrogen and oxygen atoms in total. The van der Waals surface area contributed by atoms with Gasteiger partial charge in [-0.15, -0.1) is 0 Å².